The van der Waals surface area contributed by atoms with Crippen molar-refractivity contribution in [3.63, 3.8) is 0 Å². The molecule has 0 bridgehead atoms. The summed E-state index contributed by atoms with van der Waals surface area (Å²) in [6, 6.07) is 12.0. The summed E-state index contributed by atoms with van der Waals surface area (Å²) < 4.78 is 44.8. The van der Waals surface area contributed by atoms with Crippen LogP contribution >= 0.6 is 0 Å². The van der Waals surface area contributed by atoms with Crippen molar-refractivity contribution >= 4 is 15.9 Å². The van der Waals surface area contributed by atoms with E-state index in [1.807, 2.05) is 0 Å². The molecule has 2 aromatic rings. The number of carbonyl (C=O) groups is 1. The van der Waals surface area contributed by atoms with Crippen LogP contribution in [0.2, 0.25) is 0 Å². The molecule has 26 heavy (non-hydrogen) atoms. The fourth-order valence-electron chi connectivity index (χ4n) is 2.26. The van der Waals surface area contributed by atoms with E-state index in [2.05, 4.69) is 10.0 Å². The highest BCUT2D eigenvalue weighted by Gasteiger charge is 2.14. The third-order valence-corrected chi connectivity index (χ3v) is 5.14. The first-order chi connectivity index (χ1) is 12.4. The maximum Gasteiger partial charge on any atom is 0.251 e. The van der Waals surface area contributed by atoms with Crippen molar-refractivity contribution in [2.75, 3.05) is 26.8 Å². The Hall–Kier alpha value is -2.29. The number of hydrogen-bond acceptors (Lipinski definition) is 4. The summed E-state index contributed by atoms with van der Waals surface area (Å²) in [6.07, 6.45) is 0.369. The van der Waals surface area contributed by atoms with Gasteiger partial charge in [-0.3, -0.25) is 4.79 Å². The number of ether oxygens (including phenoxy) is 1. The fourth-order valence-corrected chi connectivity index (χ4v) is 3.27. The minimum Gasteiger partial charge on any atom is -0.383 e. The molecular formula is C18H21FN2O4S. The highest BCUT2D eigenvalue weighted by molar-refractivity contribution is 7.89. The number of nitrogens with one attached hydrogen (secondary N) is 2. The van der Waals surface area contributed by atoms with Crippen molar-refractivity contribution in [2.45, 2.75) is 11.3 Å². The van der Waals surface area contributed by atoms with Crippen molar-refractivity contribution in [2.24, 2.45) is 0 Å². The molecule has 0 radical (unpaired) electrons. The molecular weight excluding hydrogens is 359 g/mol. The highest BCUT2D eigenvalue weighted by atomic mass is 32.2. The predicted molar refractivity (Wildman–Crippen MR) is 95.9 cm³/mol. The van der Waals surface area contributed by atoms with E-state index in [0.29, 0.717) is 17.5 Å². The molecule has 2 rings (SSSR count). The van der Waals surface area contributed by atoms with Crippen molar-refractivity contribution in [3.8, 4) is 0 Å². The lowest BCUT2D eigenvalue weighted by molar-refractivity contribution is 0.0954. The second kappa shape index (κ2) is 9.42. The zero-order chi connectivity index (χ0) is 19.0. The number of benzene rings is 2. The van der Waals surface area contributed by atoms with Crippen LogP contribution < -0.4 is 10.0 Å². The van der Waals surface area contributed by atoms with Crippen LogP contribution in [0, 0.1) is 5.82 Å². The summed E-state index contributed by atoms with van der Waals surface area (Å²) in [7, 11) is -2.16. The van der Waals surface area contributed by atoms with Crippen LogP contribution in [0.3, 0.4) is 0 Å². The zero-order valence-corrected chi connectivity index (χ0v) is 15.2. The van der Waals surface area contributed by atoms with Crippen molar-refractivity contribution in [1.82, 2.24) is 10.0 Å². The molecule has 0 saturated carbocycles. The molecule has 8 heteroatoms. The fraction of sp³-hybridized carbons (Fsp3) is 0.278. The molecule has 0 spiro atoms. The van der Waals surface area contributed by atoms with Crippen LogP contribution in [0.15, 0.2) is 53.4 Å². The van der Waals surface area contributed by atoms with Crippen LogP contribution in [0.4, 0.5) is 4.39 Å². The molecule has 0 fully saturated rings. The second-order valence-corrected chi connectivity index (χ2v) is 7.28. The minimum absolute atomic E-state index is 0.0662. The number of halogens is 1. The SMILES string of the molecule is COCCNS(=O)(=O)c1ccc(C(=O)NCCc2ccccc2F)cc1. The number of carbonyl (C=O) groups excluding carboxylic acids is 1. The van der Waals surface area contributed by atoms with Gasteiger partial charge in [0, 0.05) is 25.8 Å². The lowest BCUT2D eigenvalue weighted by atomic mass is 10.1. The normalized spacial score (nSPS) is 11.3. The van der Waals surface area contributed by atoms with E-state index in [1.165, 1.54) is 37.4 Å². The van der Waals surface area contributed by atoms with Gasteiger partial charge < -0.3 is 10.1 Å². The Morgan fingerprint density at radius 1 is 1.08 bits per heavy atom. The molecule has 0 aliphatic rings. The minimum atomic E-state index is -3.64. The zero-order valence-electron chi connectivity index (χ0n) is 14.4. The molecule has 1 amide bonds. The van der Waals surface area contributed by atoms with Crippen molar-refractivity contribution in [3.05, 3.63) is 65.5 Å². The maximum atomic E-state index is 13.5. The Balaban J connectivity index is 1.91. The Kier molecular flexibility index (Phi) is 7.26. The van der Waals surface area contributed by atoms with Gasteiger partial charge in [-0.05, 0) is 42.3 Å². The van der Waals surface area contributed by atoms with E-state index >= 15 is 0 Å². The monoisotopic (exact) mass is 380 g/mol. The third-order valence-electron chi connectivity index (χ3n) is 3.66. The quantitative estimate of drug-likeness (QED) is 0.649. The van der Waals surface area contributed by atoms with Crippen molar-refractivity contribution < 1.29 is 22.3 Å². The van der Waals surface area contributed by atoms with Gasteiger partial charge in [-0.15, -0.1) is 0 Å². The molecule has 6 nitrogen and oxygen atoms in total. The summed E-state index contributed by atoms with van der Waals surface area (Å²) in [4.78, 5) is 12.2. The van der Waals surface area contributed by atoms with Gasteiger partial charge in [-0.1, -0.05) is 18.2 Å². The Bertz CT molecular complexity index is 839. The molecule has 0 heterocycles. The number of hydrogen-bond donors (Lipinski definition) is 2. The molecule has 0 aliphatic heterocycles. The number of methoxy groups -OCH3 is 1. The van der Waals surface area contributed by atoms with E-state index in [9.17, 15) is 17.6 Å². The first-order valence-corrected chi connectivity index (χ1v) is 9.52. The standard InChI is InChI=1S/C18H21FN2O4S/c1-25-13-12-21-26(23,24)16-8-6-15(7-9-16)18(22)20-11-10-14-4-2-3-5-17(14)19/h2-9,21H,10-13H2,1H3,(H,20,22). The van der Waals surface area contributed by atoms with Gasteiger partial charge in [0.25, 0.3) is 5.91 Å². The van der Waals surface area contributed by atoms with Crippen LogP contribution in [0.5, 0.6) is 0 Å². The predicted octanol–water partition coefficient (Wildman–Crippen LogP) is 1.72. The highest BCUT2D eigenvalue weighted by Crippen LogP contribution is 2.11. The molecule has 0 unspecified atom stereocenters. The number of rotatable bonds is 9. The summed E-state index contributed by atoms with van der Waals surface area (Å²) in [5.41, 5.74) is 0.853. The Labute approximate surface area is 152 Å². The maximum absolute atomic E-state index is 13.5. The van der Waals surface area contributed by atoms with Gasteiger partial charge in [0.15, 0.2) is 0 Å². The van der Waals surface area contributed by atoms with Gasteiger partial charge in [-0.25, -0.2) is 17.5 Å². The molecule has 2 aromatic carbocycles. The van der Waals surface area contributed by atoms with E-state index in [0.717, 1.165) is 0 Å². The van der Waals surface area contributed by atoms with Gasteiger partial charge >= 0.3 is 0 Å². The molecule has 2 N–H and O–H groups in total. The first-order valence-electron chi connectivity index (χ1n) is 8.04. The second-order valence-electron chi connectivity index (χ2n) is 5.51. The van der Waals surface area contributed by atoms with Crippen LogP contribution in [-0.2, 0) is 21.2 Å². The lowest BCUT2D eigenvalue weighted by Crippen LogP contribution is -2.28. The molecule has 0 aliphatic carbocycles. The number of amides is 1. The van der Waals surface area contributed by atoms with Gasteiger partial charge in [0.05, 0.1) is 11.5 Å². The molecule has 140 valence electrons. The third kappa shape index (κ3) is 5.62. The van der Waals surface area contributed by atoms with E-state index in [1.54, 1.807) is 18.2 Å². The molecule has 0 saturated heterocycles. The average molecular weight is 380 g/mol. The summed E-state index contributed by atoms with van der Waals surface area (Å²) in [6.45, 7) is 0.706. The van der Waals surface area contributed by atoms with Gasteiger partial charge in [0.1, 0.15) is 5.82 Å². The topological polar surface area (TPSA) is 84.5 Å². The summed E-state index contributed by atoms with van der Waals surface area (Å²) >= 11 is 0. The van der Waals surface area contributed by atoms with E-state index < -0.39 is 10.0 Å². The van der Waals surface area contributed by atoms with Crippen molar-refractivity contribution in [1.29, 1.82) is 0 Å². The Morgan fingerprint density at radius 3 is 2.42 bits per heavy atom. The average Bonchev–Trinajstić information content (AvgIpc) is 2.63. The molecule has 0 aromatic heterocycles. The molecule has 0 atom stereocenters. The van der Waals surface area contributed by atoms with Crippen LogP contribution in [-0.4, -0.2) is 41.1 Å². The van der Waals surface area contributed by atoms with E-state index in [-0.39, 0.29) is 36.3 Å². The summed E-state index contributed by atoms with van der Waals surface area (Å²) in [5, 5.41) is 2.69. The first kappa shape index (κ1) is 20.0. The van der Waals surface area contributed by atoms with E-state index in [4.69, 9.17) is 4.74 Å². The summed E-state index contributed by atoms with van der Waals surface area (Å²) in [5.74, 6) is -0.657. The Morgan fingerprint density at radius 2 is 1.77 bits per heavy atom. The van der Waals surface area contributed by atoms with Gasteiger partial charge in [-0.2, -0.15) is 0 Å². The number of sulfonamides is 1. The van der Waals surface area contributed by atoms with Crippen LogP contribution in [0.1, 0.15) is 15.9 Å². The van der Waals surface area contributed by atoms with Gasteiger partial charge in [0.2, 0.25) is 10.0 Å². The van der Waals surface area contributed by atoms with Crippen LogP contribution in [0.25, 0.3) is 0 Å². The lowest BCUT2D eigenvalue weighted by Gasteiger charge is -2.08. The smallest absolute Gasteiger partial charge is 0.251 e. The largest absolute Gasteiger partial charge is 0.383 e.